The van der Waals surface area contributed by atoms with Gasteiger partial charge in [-0.05, 0) is 73.5 Å². The van der Waals surface area contributed by atoms with Gasteiger partial charge in [-0.15, -0.1) is 0 Å². The molecule has 0 aromatic heterocycles. The molecule has 7 aliphatic rings. The van der Waals surface area contributed by atoms with Gasteiger partial charge in [0, 0.05) is 30.6 Å². The lowest BCUT2D eigenvalue weighted by Crippen LogP contribution is -2.57. The van der Waals surface area contributed by atoms with E-state index in [2.05, 4.69) is 13.8 Å². The fourth-order valence-electron chi connectivity index (χ4n) is 9.66. The minimum absolute atomic E-state index is 0.0559. The van der Waals surface area contributed by atoms with Crippen molar-refractivity contribution in [2.24, 2.45) is 46.3 Å². The highest BCUT2D eigenvalue weighted by atomic mass is 16.6. The molecule has 0 amide bonds. The molecule has 5 saturated carbocycles. The smallest absolute Gasteiger partial charge is 0.306 e. The Morgan fingerprint density at radius 3 is 2.67 bits per heavy atom. The summed E-state index contributed by atoms with van der Waals surface area (Å²) in [7, 11) is 0. The van der Waals surface area contributed by atoms with Crippen molar-refractivity contribution in [3.8, 4) is 0 Å². The lowest BCUT2D eigenvalue weighted by atomic mass is 9.45. The van der Waals surface area contributed by atoms with Gasteiger partial charge in [0.05, 0.1) is 0 Å². The molecule has 27 heavy (non-hydrogen) atoms. The van der Waals surface area contributed by atoms with Gasteiger partial charge in [0.25, 0.3) is 0 Å². The van der Waals surface area contributed by atoms with Crippen LogP contribution in [0.25, 0.3) is 0 Å². The van der Waals surface area contributed by atoms with Gasteiger partial charge in [-0.1, -0.05) is 25.0 Å². The molecule has 144 valence electrons. The largest absolute Gasteiger partial charge is 0.458 e. The van der Waals surface area contributed by atoms with Crippen LogP contribution in [-0.4, -0.2) is 17.4 Å². The highest BCUT2D eigenvalue weighted by molar-refractivity contribution is 5.83. The second-order valence-electron chi connectivity index (χ2n) is 11.5. The van der Waals surface area contributed by atoms with Gasteiger partial charge in [0.1, 0.15) is 11.4 Å². The van der Waals surface area contributed by atoms with Crippen LogP contribution in [0.3, 0.4) is 0 Å². The van der Waals surface area contributed by atoms with Gasteiger partial charge in [0.2, 0.25) is 0 Å². The van der Waals surface area contributed by atoms with Crippen molar-refractivity contribution in [2.75, 3.05) is 0 Å². The van der Waals surface area contributed by atoms with E-state index < -0.39 is 0 Å². The van der Waals surface area contributed by atoms with Gasteiger partial charge in [-0.3, -0.25) is 9.59 Å². The van der Waals surface area contributed by atoms with Crippen molar-refractivity contribution in [3.05, 3.63) is 11.1 Å². The Balaban J connectivity index is 1.34. The third-order valence-corrected chi connectivity index (χ3v) is 10.8. The van der Waals surface area contributed by atoms with E-state index in [-0.39, 0.29) is 22.4 Å². The van der Waals surface area contributed by atoms with E-state index >= 15 is 0 Å². The first-order chi connectivity index (χ1) is 12.9. The monoisotopic (exact) mass is 366 g/mol. The quantitative estimate of drug-likeness (QED) is 0.470. The fourth-order valence-corrected chi connectivity index (χ4v) is 9.66. The number of rotatable bonds is 0. The van der Waals surface area contributed by atoms with Crippen LogP contribution in [0.2, 0.25) is 0 Å². The molecular formula is C24H30O3. The number of fused-ring (bicyclic) bond motifs is 11. The van der Waals surface area contributed by atoms with Crippen molar-refractivity contribution in [3.63, 3.8) is 0 Å². The van der Waals surface area contributed by atoms with Crippen molar-refractivity contribution in [2.45, 2.75) is 77.2 Å². The van der Waals surface area contributed by atoms with E-state index in [0.29, 0.717) is 18.1 Å². The summed E-state index contributed by atoms with van der Waals surface area (Å²) < 4.78 is 6.22. The van der Waals surface area contributed by atoms with Crippen molar-refractivity contribution in [1.82, 2.24) is 0 Å². The molecule has 6 aliphatic carbocycles. The first-order valence-electron chi connectivity index (χ1n) is 11.3. The number of hydrogen-bond donors (Lipinski definition) is 0. The Labute approximate surface area is 161 Å². The minimum Gasteiger partial charge on any atom is -0.458 e. The summed E-state index contributed by atoms with van der Waals surface area (Å²) in [5.74, 6) is 5.00. The first-order valence-corrected chi connectivity index (χ1v) is 11.3. The van der Waals surface area contributed by atoms with Crippen molar-refractivity contribution >= 4 is 11.8 Å². The summed E-state index contributed by atoms with van der Waals surface area (Å²) in [6, 6.07) is 0. The minimum atomic E-state index is -0.132. The molecule has 3 nitrogen and oxygen atoms in total. The highest BCUT2D eigenvalue weighted by Gasteiger charge is 2.80. The molecule has 0 bridgehead atoms. The van der Waals surface area contributed by atoms with Crippen LogP contribution in [0.5, 0.6) is 0 Å². The summed E-state index contributed by atoms with van der Waals surface area (Å²) in [6.07, 6.45) is 9.28. The van der Waals surface area contributed by atoms with E-state index in [4.69, 9.17) is 4.74 Å². The number of ketones is 1. The molecule has 3 heteroatoms. The fraction of sp³-hybridized carbons (Fsp3) is 0.833. The Morgan fingerprint density at radius 2 is 1.89 bits per heavy atom. The normalized spacial score (nSPS) is 59.6. The Morgan fingerprint density at radius 1 is 1.04 bits per heavy atom. The molecule has 3 unspecified atom stereocenters. The summed E-state index contributed by atoms with van der Waals surface area (Å²) in [5.41, 5.74) is 3.58. The lowest BCUT2D eigenvalue weighted by Gasteiger charge is -2.59. The lowest BCUT2D eigenvalue weighted by molar-refractivity contribution is -0.176. The van der Waals surface area contributed by atoms with Crippen LogP contribution in [0.1, 0.15) is 71.6 Å². The molecule has 1 saturated heterocycles. The van der Waals surface area contributed by atoms with Crippen LogP contribution >= 0.6 is 0 Å². The highest BCUT2D eigenvalue weighted by Crippen LogP contribution is 2.81. The Kier molecular flexibility index (Phi) is 2.56. The summed E-state index contributed by atoms with van der Waals surface area (Å²) >= 11 is 0. The third-order valence-electron chi connectivity index (χ3n) is 10.8. The predicted octanol–water partition coefficient (Wildman–Crippen LogP) is 4.45. The molecule has 6 fully saturated rings. The van der Waals surface area contributed by atoms with Gasteiger partial charge in [0.15, 0.2) is 0 Å². The summed E-state index contributed by atoms with van der Waals surface area (Å²) in [4.78, 5) is 24.3. The van der Waals surface area contributed by atoms with Crippen molar-refractivity contribution in [1.29, 1.82) is 0 Å². The number of Topliss-reactive ketones (excluding diaryl/α,β-unsaturated/α-hetero) is 1. The molecule has 7 rings (SSSR count). The molecule has 9 atom stereocenters. The zero-order valence-corrected chi connectivity index (χ0v) is 16.6. The zero-order chi connectivity index (χ0) is 18.3. The van der Waals surface area contributed by atoms with Crippen LogP contribution in [0, 0.1) is 46.3 Å². The van der Waals surface area contributed by atoms with Gasteiger partial charge in [-0.25, -0.2) is 0 Å². The molecule has 1 aliphatic heterocycles. The van der Waals surface area contributed by atoms with Crippen LogP contribution in [0.4, 0.5) is 0 Å². The number of carbonyl (C=O) groups is 2. The topological polar surface area (TPSA) is 43.4 Å². The van der Waals surface area contributed by atoms with Crippen LogP contribution < -0.4 is 0 Å². The van der Waals surface area contributed by atoms with Crippen LogP contribution in [0.15, 0.2) is 11.1 Å². The van der Waals surface area contributed by atoms with E-state index in [9.17, 15) is 9.59 Å². The molecule has 1 spiro atoms. The molecule has 0 aromatic carbocycles. The average Bonchev–Trinajstić information content (AvgIpc) is 3.53. The van der Waals surface area contributed by atoms with Gasteiger partial charge < -0.3 is 4.74 Å². The van der Waals surface area contributed by atoms with E-state index in [1.165, 1.54) is 25.7 Å². The molecule has 0 radical (unpaired) electrons. The van der Waals surface area contributed by atoms with E-state index in [0.717, 1.165) is 55.3 Å². The molecular weight excluding hydrogens is 336 g/mol. The second-order valence-corrected chi connectivity index (χ2v) is 11.5. The number of esters is 1. The van der Waals surface area contributed by atoms with E-state index in [1.54, 1.807) is 11.1 Å². The number of allylic oxidation sites excluding steroid dienone is 2. The number of hydrogen-bond acceptors (Lipinski definition) is 3. The van der Waals surface area contributed by atoms with E-state index in [1.807, 2.05) is 0 Å². The predicted molar refractivity (Wildman–Crippen MR) is 99.6 cm³/mol. The third kappa shape index (κ3) is 1.58. The molecule has 1 heterocycles. The zero-order valence-electron chi connectivity index (χ0n) is 16.6. The number of ether oxygens (including phenoxy) is 1. The molecule has 0 aromatic rings. The number of carbonyl (C=O) groups excluding carboxylic acids is 2. The van der Waals surface area contributed by atoms with Gasteiger partial charge in [-0.2, -0.15) is 0 Å². The molecule has 0 N–H and O–H groups in total. The van der Waals surface area contributed by atoms with Gasteiger partial charge >= 0.3 is 5.97 Å². The summed E-state index contributed by atoms with van der Waals surface area (Å²) in [6.45, 7) is 4.99. The van der Waals surface area contributed by atoms with Crippen LogP contribution in [-0.2, 0) is 14.3 Å². The Hall–Kier alpha value is -1.12. The maximum Gasteiger partial charge on any atom is 0.306 e. The SMILES string of the molecule is C[C@]12CCC(=O)CC1=C1C[C@@H]1C1[C@@H]3C4CC4[C@@]4(CCC(=O)O4)[C@@]3(C)CC[C@@H]12. The Bertz CT molecular complexity index is 841. The maximum absolute atomic E-state index is 12.2. The first kappa shape index (κ1) is 15.8. The second kappa shape index (κ2) is 4.39. The maximum atomic E-state index is 12.2. The van der Waals surface area contributed by atoms with Crippen molar-refractivity contribution < 1.29 is 14.3 Å². The standard InChI is InChI=1S/C24H30O3/c1-22-6-3-12(25)9-17(22)13-10-14(13)20-16(22)4-7-23(2)21(20)15-11-18(15)24(23)8-5-19(26)27-24/h14-16,18,20-21H,3-11H2,1-2H3/t14-,15?,16-,18?,20?,21-,22+,23-,24-/m0/s1. The summed E-state index contributed by atoms with van der Waals surface area (Å²) in [5, 5.41) is 0. The average molecular weight is 367 g/mol.